The Morgan fingerprint density at radius 2 is 2.29 bits per heavy atom. The standard InChI is InChI=1S/C11H19NO2/c1-2-11(6-4-7-11)9-12-8-3-5-10(13)14/h3,5,12H,2,4,6-9H2,1H3,(H,13,14)/b5-3+. The van der Waals surface area contributed by atoms with E-state index in [1.807, 2.05) is 0 Å². The highest BCUT2D eigenvalue weighted by Crippen LogP contribution is 2.42. The van der Waals surface area contributed by atoms with Crippen LogP contribution in [0.5, 0.6) is 0 Å². The first-order valence-electron chi connectivity index (χ1n) is 5.29. The summed E-state index contributed by atoms with van der Waals surface area (Å²) >= 11 is 0. The van der Waals surface area contributed by atoms with Crippen LogP contribution in [0.1, 0.15) is 32.6 Å². The Balaban J connectivity index is 2.11. The van der Waals surface area contributed by atoms with Crippen LogP contribution in [0.4, 0.5) is 0 Å². The summed E-state index contributed by atoms with van der Waals surface area (Å²) in [5, 5.41) is 11.6. The lowest BCUT2D eigenvalue weighted by Gasteiger charge is -2.41. The molecule has 1 saturated carbocycles. The van der Waals surface area contributed by atoms with E-state index in [1.165, 1.54) is 31.8 Å². The summed E-state index contributed by atoms with van der Waals surface area (Å²) in [6, 6.07) is 0. The Labute approximate surface area is 85.2 Å². The van der Waals surface area contributed by atoms with Crippen LogP contribution in [0.25, 0.3) is 0 Å². The first kappa shape index (κ1) is 11.2. The molecule has 0 amide bonds. The molecular weight excluding hydrogens is 178 g/mol. The van der Waals surface area contributed by atoms with Gasteiger partial charge in [0.2, 0.25) is 0 Å². The Morgan fingerprint density at radius 3 is 2.71 bits per heavy atom. The van der Waals surface area contributed by atoms with Crippen molar-refractivity contribution in [2.45, 2.75) is 32.6 Å². The molecule has 1 aliphatic rings. The zero-order valence-electron chi connectivity index (χ0n) is 8.75. The fraction of sp³-hybridized carbons (Fsp3) is 0.727. The van der Waals surface area contributed by atoms with Crippen LogP contribution >= 0.6 is 0 Å². The molecule has 0 atom stereocenters. The smallest absolute Gasteiger partial charge is 0.328 e. The second-order valence-electron chi connectivity index (χ2n) is 4.08. The number of aliphatic carboxylic acids is 1. The van der Waals surface area contributed by atoms with Crippen molar-refractivity contribution in [2.75, 3.05) is 13.1 Å². The molecule has 14 heavy (non-hydrogen) atoms. The molecule has 0 radical (unpaired) electrons. The van der Waals surface area contributed by atoms with Gasteiger partial charge in [0.15, 0.2) is 0 Å². The Kier molecular flexibility index (Phi) is 4.14. The molecule has 2 N–H and O–H groups in total. The molecule has 80 valence electrons. The van der Waals surface area contributed by atoms with E-state index in [0.29, 0.717) is 12.0 Å². The largest absolute Gasteiger partial charge is 0.478 e. The summed E-state index contributed by atoms with van der Waals surface area (Å²) in [7, 11) is 0. The molecule has 0 bridgehead atoms. The summed E-state index contributed by atoms with van der Waals surface area (Å²) in [5.41, 5.74) is 0.511. The Hall–Kier alpha value is -0.830. The quantitative estimate of drug-likeness (QED) is 0.504. The summed E-state index contributed by atoms with van der Waals surface area (Å²) in [6.45, 7) is 3.91. The summed E-state index contributed by atoms with van der Waals surface area (Å²) < 4.78 is 0. The molecule has 1 fully saturated rings. The van der Waals surface area contributed by atoms with E-state index < -0.39 is 5.97 Å². The van der Waals surface area contributed by atoms with Gasteiger partial charge in [-0.1, -0.05) is 19.4 Å². The highest BCUT2D eigenvalue weighted by Gasteiger charge is 2.34. The van der Waals surface area contributed by atoms with E-state index in [1.54, 1.807) is 6.08 Å². The van der Waals surface area contributed by atoms with Crippen molar-refractivity contribution in [3.05, 3.63) is 12.2 Å². The minimum Gasteiger partial charge on any atom is -0.478 e. The number of rotatable bonds is 6. The monoisotopic (exact) mass is 197 g/mol. The van der Waals surface area contributed by atoms with Crippen molar-refractivity contribution in [1.29, 1.82) is 0 Å². The summed E-state index contributed by atoms with van der Waals surface area (Å²) in [6.07, 6.45) is 8.05. The Bertz CT molecular complexity index is 214. The molecule has 1 rings (SSSR count). The maximum atomic E-state index is 10.2. The van der Waals surface area contributed by atoms with Crippen LogP contribution in [-0.4, -0.2) is 24.2 Å². The SMILES string of the molecule is CCC1(CNC/C=C/C(=O)O)CCC1. The Morgan fingerprint density at radius 1 is 1.57 bits per heavy atom. The lowest BCUT2D eigenvalue weighted by Crippen LogP contribution is -2.39. The van der Waals surface area contributed by atoms with Gasteiger partial charge in [0, 0.05) is 19.2 Å². The predicted molar refractivity (Wildman–Crippen MR) is 56.2 cm³/mol. The maximum absolute atomic E-state index is 10.2. The fourth-order valence-corrected chi connectivity index (χ4v) is 1.91. The number of nitrogens with one attached hydrogen (secondary N) is 1. The van der Waals surface area contributed by atoms with E-state index in [2.05, 4.69) is 12.2 Å². The molecule has 3 heteroatoms. The van der Waals surface area contributed by atoms with Crippen LogP contribution in [0.2, 0.25) is 0 Å². The van der Waals surface area contributed by atoms with E-state index in [9.17, 15) is 4.79 Å². The van der Waals surface area contributed by atoms with Gasteiger partial charge in [-0.15, -0.1) is 0 Å². The number of carbonyl (C=O) groups is 1. The molecular formula is C11H19NO2. The van der Waals surface area contributed by atoms with Gasteiger partial charge in [-0.3, -0.25) is 0 Å². The average Bonchev–Trinajstić information content (AvgIpc) is 2.08. The molecule has 1 aliphatic carbocycles. The molecule has 0 aromatic heterocycles. The minimum atomic E-state index is -0.874. The van der Waals surface area contributed by atoms with Crippen LogP contribution < -0.4 is 5.32 Å². The fourth-order valence-electron chi connectivity index (χ4n) is 1.91. The van der Waals surface area contributed by atoms with Crippen molar-refractivity contribution >= 4 is 5.97 Å². The normalized spacial score (nSPS) is 19.5. The molecule has 0 heterocycles. The molecule has 0 spiro atoms. The second kappa shape index (κ2) is 5.15. The van der Waals surface area contributed by atoms with E-state index in [0.717, 1.165) is 6.54 Å². The van der Waals surface area contributed by atoms with Crippen LogP contribution in [0.3, 0.4) is 0 Å². The third-order valence-corrected chi connectivity index (χ3v) is 3.19. The molecule has 3 nitrogen and oxygen atoms in total. The third-order valence-electron chi connectivity index (χ3n) is 3.19. The van der Waals surface area contributed by atoms with E-state index in [-0.39, 0.29) is 0 Å². The van der Waals surface area contributed by atoms with Crippen molar-refractivity contribution in [2.24, 2.45) is 5.41 Å². The molecule has 0 aromatic carbocycles. The molecule has 0 aliphatic heterocycles. The number of carboxylic acids is 1. The molecule has 0 unspecified atom stereocenters. The van der Waals surface area contributed by atoms with Crippen molar-refractivity contribution in [1.82, 2.24) is 5.32 Å². The zero-order chi connectivity index (χ0) is 10.4. The van der Waals surface area contributed by atoms with Crippen molar-refractivity contribution in [3.8, 4) is 0 Å². The van der Waals surface area contributed by atoms with E-state index >= 15 is 0 Å². The first-order valence-corrected chi connectivity index (χ1v) is 5.29. The third kappa shape index (κ3) is 3.14. The lowest BCUT2D eigenvalue weighted by molar-refractivity contribution is -0.131. The summed E-state index contributed by atoms with van der Waals surface area (Å²) in [5.74, 6) is -0.874. The average molecular weight is 197 g/mol. The minimum absolute atomic E-state index is 0.511. The highest BCUT2D eigenvalue weighted by molar-refractivity contribution is 5.79. The van der Waals surface area contributed by atoms with Gasteiger partial charge in [0.25, 0.3) is 0 Å². The van der Waals surface area contributed by atoms with Gasteiger partial charge in [-0.05, 0) is 24.7 Å². The first-order chi connectivity index (χ1) is 6.68. The van der Waals surface area contributed by atoms with Gasteiger partial charge in [-0.2, -0.15) is 0 Å². The van der Waals surface area contributed by atoms with Gasteiger partial charge in [0.1, 0.15) is 0 Å². The van der Waals surface area contributed by atoms with Crippen molar-refractivity contribution < 1.29 is 9.90 Å². The lowest BCUT2D eigenvalue weighted by atomic mass is 9.67. The maximum Gasteiger partial charge on any atom is 0.328 e. The van der Waals surface area contributed by atoms with Crippen LogP contribution in [0.15, 0.2) is 12.2 Å². The van der Waals surface area contributed by atoms with Gasteiger partial charge < -0.3 is 10.4 Å². The number of hydrogen-bond donors (Lipinski definition) is 2. The predicted octanol–water partition coefficient (Wildman–Crippen LogP) is 1.80. The number of carboxylic acid groups (broad SMARTS) is 1. The van der Waals surface area contributed by atoms with Gasteiger partial charge in [0.05, 0.1) is 0 Å². The molecule has 0 aromatic rings. The second-order valence-corrected chi connectivity index (χ2v) is 4.08. The topological polar surface area (TPSA) is 49.3 Å². The zero-order valence-corrected chi connectivity index (χ0v) is 8.75. The number of hydrogen-bond acceptors (Lipinski definition) is 2. The van der Waals surface area contributed by atoms with E-state index in [4.69, 9.17) is 5.11 Å². The van der Waals surface area contributed by atoms with Crippen LogP contribution in [-0.2, 0) is 4.79 Å². The van der Waals surface area contributed by atoms with Crippen LogP contribution in [0, 0.1) is 5.41 Å². The van der Waals surface area contributed by atoms with Gasteiger partial charge >= 0.3 is 5.97 Å². The highest BCUT2D eigenvalue weighted by atomic mass is 16.4. The summed E-state index contributed by atoms with van der Waals surface area (Å²) in [4.78, 5) is 10.2. The molecule has 0 saturated heterocycles. The van der Waals surface area contributed by atoms with Gasteiger partial charge in [-0.25, -0.2) is 4.79 Å². The van der Waals surface area contributed by atoms with Crippen molar-refractivity contribution in [3.63, 3.8) is 0 Å².